The molecule has 1 fully saturated rings. The van der Waals surface area contributed by atoms with Crippen molar-refractivity contribution in [3.8, 4) is 0 Å². The topological polar surface area (TPSA) is 20.3 Å². The smallest absolute Gasteiger partial charge is 0.177 e. The van der Waals surface area contributed by atoms with Gasteiger partial charge in [0.2, 0.25) is 0 Å². The minimum atomic E-state index is 0.209. The number of piperidine rings is 1. The van der Waals surface area contributed by atoms with Crippen molar-refractivity contribution in [2.45, 2.75) is 33.2 Å². The van der Waals surface area contributed by atoms with Crippen LogP contribution in [-0.2, 0) is 0 Å². The van der Waals surface area contributed by atoms with Crippen LogP contribution < -0.4 is 0 Å². The van der Waals surface area contributed by atoms with Crippen LogP contribution in [0.15, 0.2) is 28.7 Å². The number of nitrogens with zero attached hydrogens (tertiary/aromatic N) is 1. The third-order valence-electron chi connectivity index (χ3n) is 4.24. The van der Waals surface area contributed by atoms with E-state index in [1.165, 1.54) is 6.42 Å². The van der Waals surface area contributed by atoms with Gasteiger partial charge in [-0.25, -0.2) is 0 Å². The Morgan fingerprint density at radius 1 is 1.32 bits per heavy atom. The number of rotatable bonds is 3. The Balaban J connectivity index is 2.08. The highest BCUT2D eigenvalue weighted by molar-refractivity contribution is 9.10. The lowest BCUT2D eigenvalue weighted by Crippen LogP contribution is -2.47. The second-order valence-corrected chi connectivity index (χ2v) is 6.75. The fourth-order valence-corrected chi connectivity index (χ4v) is 3.50. The maximum absolute atomic E-state index is 12.4. The van der Waals surface area contributed by atoms with E-state index in [-0.39, 0.29) is 5.78 Å². The molecule has 2 nitrogen and oxygen atoms in total. The normalized spacial score (nSPS) is 28.3. The number of benzene rings is 1. The number of hydrogen-bond acceptors (Lipinski definition) is 2. The molecule has 0 amide bonds. The van der Waals surface area contributed by atoms with Gasteiger partial charge in [0.25, 0.3) is 0 Å². The summed E-state index contributed by atoms with van der Waals surface area (Å²) < 4.78 is 0.894. The van der Waals surface area contributed by atoms with Gasteiger partial charge < -0.3 is 0 Å². The van der Waals surface area contributed by atoms with Crippen molar-refractivity contribution in [3.05, 3.63) is 34.3 Å². The van der Waals surface area contributed by atoms with E-state index in [9.17, 15) is 4.79 Å². The van der Waals surface area contributed by atoms with E-state index in [2.05, 4.69) is 41.6 Å². The Hall–Kier alpha value is -0.670. The minimum absolute atomic E-state index is 0.209. The third-order valence-corrected chi connectivity index (χ3v) is 4.93. The molecule has 0 aliphatic carbocycles. The van der Waals surface area contributed by atoms with Crippen molar-refractivity contribution in [2.24, 2.45) is 11.8 Å². The van der Waals surface area contributed by atoms with Crippen LogP contribution in [-0.4, -0.2) is 29.8 Å². The molecule has 3 atom stereocenters. The van der Waals surface area contributed by atoms with Crippen molar-refractivity contribution in [1.29, 1.82) is 0 Å². The number of carbonyl (C=O) groups is 1. The summed E-state index contributed by atoms with van der Waals surface area (Å²) in [5.41, 5.74) is 0.792. The highest BCUT2D eigenvalue weighted by atomic mass is 79.9. The predicted octanol–water partition coefficient (Wildman–Crippen LogP) is 4.00. The third kappa shape index (κ3) is 3.46. The fourth-order valence-electron chi connectivity index (χ4n) is 3.00. The van der Waals surface area contributed by atoms with Gasteiger partial charge in [0, 0.05) is 22.6 Å². The van der Waals surface area contributed by atoms with Gasteiger partial charge in [0.05, 0.1) is 6.54 Å². The van der Waals surface area contributed by atoms with E-state index in [1.807, 2.05) is 24.3 Å². The molecule has 2 rings (SSSR count). The Kier molecular flexibility index (Phi) is 4.80. The summed E-state index contributed by atoms with van der Waals surface area (Å²) in [6.07, 6.45) is 1.26. The number of carbonyl (C=O) groups excluding carboxylic acids is 1. The molecule has 3 unspecified atom stereocenters. The van der Waals surface area contributed by atoms with Crippen molar-refractivity contribution >= 4 is 21.7 Å². The molecular formula is C16H22BrNO. The first kappa shape index (κ1) is 14.7. The molecular weight excluding hydrogens is 302 g/mol. The molecule has 1 aliphatic heterocycles. The Bertz CT molecular complexity index is 460. The van der Waals surface area contributed by atoms with Crippen molar-refractivity contribution in [3.63, 3.8) is 0 Å². The molecule has 104 valence electrons. The van der Waals surface area contributed by atoms with Crippen LogP contribution in [0.1, 0.15) is 37.6 Å². The number of ketones is 1. The molecule has 3 heteroatoms. The zero-order valence-corrected chi connectivity index (χ0v) is 13.5. The quantitative estimate of drug-likeness (QED) is 0.784. The molecule has 1 aliphatic rings. The predicted molar refractivity (Wildman–Crippen MR) is 82.5 cm³/mol. The van der Waals surface area contributed by atoms with E-state index in [1.54, 1.807) is 0 Å². The lowest BCUT2D eigenvalue weighted by Gasteiger charge is -2.40. The summed E-state index contributed by atoms with van der Waals surface area (Å²) in [6, 6.07) is 8.17. The van der Waals surface area contributed by atoms with Gasteiger partial charge in [0.15, 0.2) is 5.78 Å². The molecule has 0 bridgehead atoms. The first-order chi connectivity index (χ1) is 8.99. The second kappa shape index (κ2) is 6.19. The molecule has 1 aromatic rings. The van der Waals surface area contributed by atoms with Gasteiger partial charge in [-0.05, 0) is 31.2 Å². The summed E-state index contributed by atoms with van der Waals surface area (Å²) in [5, 5.41) is 0. The number of Topliss-reactive ketones (excluding diaryl/α,β-unsaturated/α-hetero) is 1. The summed E-state index contributed by atoms with van der Waals surface area (Å²) in [6.45, 7) is 8.36. The molecule has 19 heavy (non-hydrogen) atoms. The Morgan fingerprint density at radius 2 is 2.00 bits per heavy atom. The maximum atomic E-state index is 12.4. The van der Waals surface area contributed by atoms with E-state index in [0.717, 1.165) is 16.6 Å². The minimum Gasteiger partial charge on any atom is -0.293 e. The maximum Gasteiger partial charge on any atom is 0.177 e. The Labute approximate surface area is 124 Å². The fraction of sp³-hybridized carbons (Fsp3) is 0.562. The van der Waals surface area contributed by atoms with Crippen molar-refractivity contribution in [1.82, 2.24) is 4.90 Å². The highest BCUT2D eigenvalue weighted by Gasteiger charge is 2.30. The Morgan fingerprint density at radius 3 is 2.68 bits per heavy atom. The lowest BCUT2D eigenvalue weighted by atomic mass is 9.86. The van der Waals surface area contributed by atoms with Crippen LogP contribution in [0.2, 0.25) is 0 Å². The van der Waals surface area contributed by atoms with Crippen LogP contribution in [0.25, 0.3) is 0 Å². The average molecular weight is 324 g/mol. The average Bonchev–Trinajstić information content (AvgIpc) is 2.35. The standard InChI is InChI=1S/C16H22BrNO/c1-11-8-12(2)13(3)18(9-11)10-16(19)14-6-4-5-7-15(14)17/h4-7,11-13H,8-10H2,1-3H3. The number of likely N-dealkylation sites (tertiary alicyclic amines) is 1. The summed E-state index contributed by atoms with van der Waals surface area (Å²) in [4.78, 5) is 14.8. The zero-order valence-electron chi connectivity index (χ0n) is 11.9. The lowest BCUT2D eigenvalue weighted by molar-refractivity contribution is 0.0649. The van der Waals surface area contributed by atoms with E-state index >= 15 is 0 Å². The summed E-state index contributed by atoms with van der Waals surface area (Å²) in [7, 11) is 0. The first-order valence-corrected chi connectivity index (χ1v) is 7.80. The van der Waals surface area contributed by atoms with E-state index in [4.69, 9.17) is 0 Å². The van der Waals surface area contributed by atoms with Gasteiger partial charge in [-0.3, -0.25) is 9.69 Å². The van der Waals surface area contributed by atoms with Gasteiger partial charge >= 0.3 is 0 Å². The van der Waals surface area contributed by atoms with Crippen molar-refractivity contribution in [2.75, 3.05) is 13.1 Å². The first-order valence-electron chi connectivity index (χ1n) is 7.00. The largest absolute Gasteiger partial charge is 0.293 e. The molecule has 0 spiro atoms. The molecule has 0 saturated carbocycles. The SMILES string of the molecule is CC1CC(C)C(C)N(CC(=O)c2ccccc2Br)C1. The zero-order chi connectivity index (χ0) is 14.0. The molecule has 0 radical (unpaired) electrons. The van der Waals surface area contributed by atoms with Gasteiger partial charge in [-0.15, -0.1) is 0 Å². The molecule has 1 heterocycles. The van der Waals surface area contributed by atoms with Gasteiger partial charge in [0.1, 0.15) is 0 Å². The number of hydrogen-bond donors (Lipinski definition) is 0. The van der Waals surface area contributed by atoms with Gasteiger partial charge in [-0.2, -0.15) is 0 Å². The summed E-state index contributed by atoms with van der Waals surface area (Å²) >= 11 is 3.46. The second-order valence-electron chi connectivity index (χ2n) is 5.89. The molecule has 1 saturated heterocycles. The van der Waals surface area contributed by atoms with Gasteiger partial charge in [-0.1, -0.05) is 48.0 Å². The summed E-state index contributed by atoms with van der Waals surface area (Å²) in [5.74, 6) is 1.55. The number of halogens is 1. The van der Waals surface area contributed by atoms with E-state index < -0.39 is 0 Å². The molecule has 0 aromatic heterocycles. The molecule has 1 aromatic carbocycles. The van der Waals surface area contributed by atoms with Crippen LogP contribution in [0.5, 0.6) is 0 Å². The van der Waals surface area contributed by atoms with Crippen LogP contribution in [0.3, 0.4) is 0 Å². The van der Waals surface area contributed by atoms with Crippen molar-refractivity contribution < 1.29 is 4.79 Å². The van der Waals surface area contributed by atoms with Crippen LogP contribution in [0, 0.1) is 11.8 Å². The van der Waals surface area contributed by atoms with Crippen LogP contribution in [0.4, 0.5) is 0 Å². The van der Waals surface area contributed by atoms with Crippen LogP contribution >= 0.6 is 15.9 Å². The van der Waals surface area contributed by atoms with E-state index in [0.29, 0.717) is 24.4 Å². The highest BCUT2D eigenvalue weighted by Crippen LogP contribution is 2.27. The monoisotopic (exact) mass is 323 g/mol. The molecule has 0 N–H and O–H groups in total.